The van der Waals surface area contributed by atoms with E-state index in [1.165, 1.54) is 37.3 Å². The zero-order valence-corrected chi connectivity index (χ0v) is 25.6. The first kappa shape index (κ1) is 31.6. The van der Waals surface area contributed by atoms with Gasteiger partial charge in [0.25, 0.3) is 0 Å². The van der Waals surface area contributed by atoms with Gasteiger partial charge in [0, 0.05) is 0 Å². The Balaban J connectivity index is 1.70. The van der Waals surface area contributed by atoms with Crippen LogP contribution in [0.4, 0.5) is 0 Å². The number of hydrogen-bond acceptors (Lipinski definition) is 4. The number of allylic oxidation sites excluding steroid dienone is 4. The van der Waals surface area contributed by atoms with Crippen molar-refractivity contribution in [1.82, 2.24) is 0 Å². The van der Waals surface area contributed by atoms with Crippen LogP contribution in [0.15, 0.2) is 59.7 Å². The second-order valence-corrected chi connectivity index (χ2v) is 16.3. The van der Waals surface area contributed by atoms with Gasteiger partial charge in [0.2, 0.25) is 8.32 Å². The van der Waals surface area contributed by atoms with E-state index in [-0.39, 0.29) is 11.9 Å². The molecule has 2 rings (SSSR count). The van der Waals surface area contributed by atoms with Crippen molar-refractivity contribution in [3.8, 4) is 11.8 Å². The lowest BCUT2D eigenvalue weighted by Crippen LogP contribution is -2.33. The van der Waals surface area contributed by atoms with E-state index in [1.807, 2.05) is 39.0 Å². The topological polar surface area (TPSA) is 59.3 Å². The highest BCUT2D eigenvalue weighted by Gasteiger charge is 2.23. The molecule has 0 aliphatic heterocycles. The second-order valence-electron chi connectivity index (χ2n) is 12.1. The first-order chi connectivity index (χ1) is 18.0. The molecule has 1 aliphatic rings. The largest absolute Gasteiger partial charge is 0.544 e. The van der Waals surface area contributed by atoms with Crippen LogP contribution in [0.2, 0.25) is 19.1 Å². The summed E-state index contributed by atoms with van der Waals surface area (Å²) in [5.74, 6) is 0.614. The summed E-state index contributed by atoms with van der Waals surface area (Å²) in [6, 6.07) is 12.3. The maximum absolute atomic E-state index is 12.2. The molecule has 4 nitrogen and oxygen atoms in total. The Bertz CT molecular complexity index is 1010. The van der Waals surface area contributed by atoms with Gasteiger partial charge in [-0.1, -0.05) is 75.8 Å². The Labute approximate surface area is 232 Å². The quantitative estimate of drug-likeness (QED) is 0.128. The molecule has 0 bridgehead atoms. The van der Waals surface area contributed by atoms with Crippen LogP contribution in [-0.4, -0.2) is 19.9 Å². The van der Waals surface area contributed by atoms with Crippen molar-refractivity contribution in [2.24, 2.45) is 5.92 Å². The highest BCUT2D eigenvalue weighted by molar-refractivity contribution is 6.71. The van der Waals surface area contributed by atoms with Crippen LogP contribution in [0.25, 0.3) is 0 Å². The van der Waals surface area contributed by atoms with Crippen LogP contribution in [-0.2, 0) is 16.0 Å². The smallest absolute Gasteiger partial charge is 0.338 e. The van der Waals surface area contributed by atoms with Crippen molar-refractivity contribution >= 4 is 14.3 Å². The summed E-state index contributed by atoms with van der Waals surface area (Å²) in [4.78, 5) is 12.2. The monoisotopic (exact) mass is 535 g/mol. The lowest BCUT2D eigenvalue weighted by Gasteiger charge is -2.24. The minimum Gasteiger partial charge on any atom is -0.544 e. The summed E-state index contributed by atoms with van der Waals surface area (Å²) in [5, 5.41) is 9.62. The Morgan fingerprint density at radius 2 is 1.76 bits per heavy atom. The third-order valence-corrected chi connectivity index (χ3v) is 9.03. The molecule has 0 N–H and O–H groups in total. The number of esters is 1. The fraction of sp³-hybridized carbons (Fsp3) is 0.576. The standard InChI is InChI=1S/C33H49NO3Si/c1-7-8-9-13-24-38(5,6)37-31-22-18-27(19-23-31)14-11-10-12-15-29(26-34)25-28-16-20-30(21-17-28)32(35)36-33(2,3)4/h16,18-23,25,29H,7-15,17,24H2,1-6H3/t29-/m1/s1. The van der Waals surface area contributed by atoms with E-state index in [2.05, 4.69) is 50.4 Å². The highest BCUT2D eigenvalue weighted by Crippen LogP contribution is 2.24. The molecule has 0 saturated carbocycles. The average Bonchev–Trinajstić information content (AvgIpc) is 2.86. The zero-order valence-electron chi connectivity index (χ0n) is 24.6. The maximum atomic E-state index is 12.2. The average molecular weight is 536 g/mol. The number of aryl methyl sites for hydroxylation is 1. The van der Waals surface area contributed by atoms with E-state index in [9.17, 15) is 10.1 Å². The zero-order chi connectivity index (χ0) is 28.0. The number of ether oxygens (including phenoxy) is 1. The van der Waals surface area contributed by atoms with Gasteiger partial charge < -0.3 is 9.16 Å². The van der Waals surface area contributed by atoms with E-state index in [0.717, 1.165) is 43.4 Å². The molecular weight excluding hydrogens is 486 g/mol. The van der Waals surface area contributed by atoms with Gasteiger partial charge in [0.1, 0.15) is 11.4 Å². The molecule has 1 atom stereocenters. The molecule has 5 heteroatoms. The second kappa shape index (κ2) is 15.7. The van der Waals surface area contributed by atoms with Gasteiger partial charge in [-0.25, -0.2) is 4.79 Å². The van der Waals surface area contributed by atoms with E-state index in [0.29, 0.717) is 12.0 Å². The Hall–Kier alpha value is -2.58. The summed E-state index contributed by atoms with van der Waals surface area (Å²) in [6.45, 7) is 12.5. The van der Waals surface area contributed by atoms with Crippen molar-refractivity contribution in [2.45, 2.75) is 117 Å². The summed E-state index contributed by atoms with van der Waals surface area (Å²) in [5.41, 5.74) is 2.51. The van der Waals surface area contributed by atoms with E-state index < -0.39 is 13.9 Å². The lowest BCUT2D eigenvalue weighted by atomic mass is 9.95. The van der Waals surface area contributed by atoms with Crippen LogP contribution in [0, 0.1) is 17.2 Å². The minimum absolute atomic E-state index is 0.1000. The Kier molecular flexibility index (Phi) is 13.1. The summed E-state index contributed by atoms with van der Waals surface area (Å²) in [6.07, 6.45) is 18.7. The predicted octanol–water partition coefficient (Wildman–Crippen LogP) is 9.25. The van der Waals surface area contributed by atoms with Crippen molar-refractivity contribution in [3.05, 3.63) is 65.3 Å². The van der Waals surface area contributed by atoms with Crippen molar-refractivity contribution in [1.29, 1.82) is 5.26 Å². The summed E-state index contributed by atoms with van der Waals surface area (Å²) in [7, 11) is -1.65. The number of nitriles is 1. The molecule has 1 aromatic carbocycles. The van der Waals surface area contributed by atoms with Gasteiger partial charge in [-0.15, -0.1) is 0 Å². The molecule has 38 heavy (non-hydrogen) atoms. The van der Waals surface area contributed by atoms with Crippen LogP contribution in [0.1, 0.15) is 91.0 Å². The van der Waals surface area contributed by atoms with Gasteiger partial charge >= 0.3 is 5.97 Å². The van der Waals surface area contributed by atoms with Crippen LogP contribution < -0.4 is 4.43 Å². The molecular formula is C33H49NO3Si. The number of rotatable bonds is 15. The number of hydrogen-bond donors (Lipinski definition) is 0. The molecule has 1 aliphatic carbocycles. The lowest BCUT2D eigenvalue weighted by molar-refractivity contribution is -0.149. The fourth-order valence-corrected chi connectivity index (χ4v) is 6.54. The molecule has 208 valence electrons. The third-order valence-electron chi connectivity index (χ3n) is 6.68. The number of carbonyl (C=O) groups is 1. The first-order valence-electron chi connectivity index (χ1n) is 14.5. The summed E-state index contributed by atoms with van der Waals surface area (Å²) >= 11 is 0. The highest BCUT2D eigenvalue weighted by atomic mass is 28.4. The van der Waals surface area contributed by atoms with Crippen LogP contribution >= 0.6 is 0 Å². The molecule has 0 radical (unpaired) electrons. The minimum atomic E-state index is -1.65. The molecule has 0 saturated heterocycles. The van der Waals surface area contributed by atoms with Crippen molar-refractivity contribution in [3.63, 3.8) is 0 Å². The van der Waals surface area contributed by atoms with E-state index >= 15 is 0 Å². The maximum Gasteiger partial charge on any atom is 0.338 e. The van der Waals surface area contributed by atoms with Crippen LogP contribution in [0.3, 0.4) is 0 Å². The van der Waals surface area contributed by atoms with Gasteiger partial charge in [-0.3, -0.25) is 0 Å². The molecule has 0 heterocycles. The number of carbonyl (C=O) groups excluding carboxylic acids is 1. The van der Waals surface area contributed by atoms with Crippen molar-refractivity contribution in [2.75, 3.05) is 0 Å². The first-order valence-corrected chi connectivity index (χ1v) is 17.6. The molecule has 0 fully saturated rings. The number of unbranched alkanes of at least 4 members (excludes halogenated alkanes) is 5. The van der Waals surface area contributed by atoms with Gasteiger partial charge in [-0.2, -0.15) is 5.26 Å². The Morgan fingerprint density at radius 3 is 2.37 bits per heavy atom. The molecule has 0 spiro atoms. The van der Waals surface area contributed by atoms with Gasteiger partial charge in [0.15, 0.2) is 0 Å². The molecule has 0 aromatic heterocycles. The van der Waals surface area contributed by atoms with Gasteiger partial charge in [0.05, 0.1) is 17.6 Å². The molecule has 1 aromatic rings. The number of benzene rings is 1. The summed E-state index contributed by atoms with van der Waals surface area (Å²) < 4.78 is 11.8. The van der Waals surface area contributed by atoms with Crippen LogP contribution in [0.5, 0.6) is 5.75 Å². The number of nitrogens with zero attached hydrogens (tertiary/aromatic N) is 1. The van der Waals surface area contributed by atoms with Crippen molar-refractivity contribution < 1.29 is 14.0 Å². The normalized spacial score (nSPS) is 15.6. The third kappa shape index (κ3) is 12.8. The molecule has 0 unspecified atom stereocenters. The fourth-order valence-electron chi connectivity index (χ4n) is 4.56. The molecule has 0 amide bonds. The SMILES string of the molecule is CCCCCC[Si](C)(C)Oc1ccc(CCCCC[C@@H](C#N)C=C2C=CC(C(=O)OC(C)(C)C)=CC2)cc1. The van der Waals surface area contributed by atoms with E-state index in [1.54, 1.807) is 6.08 Å². The Morgan fingerprint density at radius 1 is 1.05 bits per heavy atom. The van der Waals surface area contributed by atoms with Gasteiger partial charge in [-0.05, 0) is 94.9 Å². The predicted molar refractivity (Wildman–Crippen MR) is 161 cm³/mol. The van der Waals surface area contributed by atoms with E-state index in [4.69, 9.17) is 9.16 Å².